The summed E-state index contributed by atoms with van der Waals surface area (Å²) in [5, 5.41) is 11.9. The zero-order valence-electron chi connectivity index (χ0n) is 17.4. The van der Waals surface area contributed by atoms with Gasteiger partial charge in [0, 0.05) is 44.3 Å². The Morgan fingerprint density at radius 2 is 1.67 bits per heavy atom. The summed E-state index contributed by atoms with van der Waals surface area (Å²) in [7, 11) is 3.29. The van der Waals surface area contributed by atoms with Crippen LogP contribution in [0.5, 0.6) is 5.75 Å². The van der Waals surface area contributed by atoms with E-state index in [2.05, 4.69) is 4.90 Å². The molecular formula is C23H26ClNO5. The Bertz CT molecular complexity index is 1050. The van der Waals surface area contributed by atoms with Gasteiger partial charge in [0.1, 0.15) is 11.3 Å². The maximum absolute atomic E-state index is 12.9. The van der Waals surface area contributed by atoms with E-state index in [4.69, 9.17) is 25.5 Å². The van der Waals surface area contributed by atoms with Crippen LogP contribution in [0.25, 0.3) is 22.1 Å². The Morgan fingerprint density at radius 3 is 2.27 bits per heavy atom. The van der Waals surface area contributed by atoms with Crippen LogP contribution in [-0.4, -0.2) is 50.5 Å². The molecule has 1 N–H and O–H groups in total. The van der Waals surface area contributed by atoms with E-state index < -0.39 is 5.63 Å². The van der Waals surface area contributed by atoms with E-state index >= 15 is 0 Å². The van der Waals surface area contributed by atoms with Gasteiger partial charge in [-0.25, -0.2) is 4.79 Å². The molecule has 0 radical (unpaired) electrons. The van der Waals surface area contributed by atoms with Crippen LogP contribution in [0.15, 0.2) is 45.6 Å². The first-order chi connectivity index (χ1) is 14.5. The Hall–Kier alpha value is -2.38. The molecule has 0 amide bonds. The zero-order chi connectivity index (χ0) is 21.7. The average Bonchev–Trinajstić information content (AvgIpc) is 2.73. The van der Waals surface area contributed by atoms with Gasteiger partial charge in [0.2, 0.25) is 0 Å². The zero-order valence-corrected chi connectivity index (χ0v) is 18.2. The molecule has 0 aliphatic carbocycles. The first kappa shape index (κ1) is 22.3. The second-order valence-electron chi connectivity index (χ2n) is 7.10. The number of halogens is 1. The number of rotatable bonds is 9. The molecule has 0 bridgehead atoms. The van der Waals surface area contributed by atoms with Crippen molar-refractivity contribution in [1.29, 1.82) is 0 Å². The van der Waals surface area contributed by atoms with E-state index in [0.29, 0.717) is 54.6 Å². The number of benzene rings is 2. The van der Waals surface area contributed by atoms with Gasteiger partial charge in [0.15, 0.2) is 0 Å². The Morgan fingerprint density at radius 1 is 1.03 bits per heavy atom. The van der Waals surface area contributed by atoms with E-state index in [0.717, 1.165) is 16.5 Å². The summed E-state index contributed by atoms with van der Waals surface area (Å²) in [6, 6.07) is 10.5. The minimum atomic E-state index is -0.450. The second-order valence-corrected chi connectivity index (χ2v) is 7.53. The maximum Gasteiger partial charge on any atom is 0.344 e. The summed E-state index contributed by atoms with van der Waals surface area (Å²) in [5.41, 5.74) is 2.55. The highest BCUT2D eigenvalue weighted by Crippen LogP contribution is 2.33. The van der Waals surface area contributed by atoms with Crippen LogP contribution in [0, 0.1) is 6.92 Å². The number of phenolic OH excluding ortho intramolecular Hbond substituents is 1. The predicted molar refractivity (Wildman–Crippen MR) is 118 cm³/mol. The average molecular weight is 432 g/mol. The van der Waals surface area contributed by atoms with Crippen molar-refractivity contribution in [2.75, 3.05) is 40.5 Å². The van der Waals surface area contributed by atoms with Crippen molar-refractivity contribution in [1.82, 2.24) is 4.90 Å². The molecule has 0 saturated heterocycles. The maximum atomic E-state index is 12.9. The van der Waals surface area contributed by atoms with E-state index in [1.54, 1.807) is 50.6 Å². The quantitative estimate of drug-likeness (QED) is 0.511. The molecular weight excluding hydrogens is 406 g/mol. The van der Waals surface area contributed by atoms with Crippen LogP contribution >= 0.6 is 11.6 Å². The first-order valence-corrected chi connectivity index (χ1v) is 10.1. The van der Waals surface area contributed by atoms with Gasteiger partial charge in [0.05, 0.1) is 24.3 Å². The Labute approximate surface area is 180 Å². The molecule has 7 heteroatoms. The monoisotopic (exact) mass is 431 g/mol. The molecule has 160 valence electrons. The third-order valence-electron chi connectivity index (χ3n) is 5.15. The van der Waals surface area contributed by atoms with Gasteiger partial charge in [-0.3, -0.25) is 4.90 Å². The smallest absolute Gasteiger partial charge is 0.344 e. The van der Waals surface area contributed by atoms with Gasteiger partial charge in [0.25, 0.3) is 0 Å². The lowest BCUT2D eigenvalue weighted by molar-refractivity contribution is 0.110. The molecule has 3 aromatic rings. The number of hydrogen-bond donors (Lipinski definition) is 1. The lowest BCUT2D eigenvalue weighted by Crippen LogP contribution is -2.30. The lowest BCUT2D eigenvalue weighted by Gasteiger charge is -2.23. The van der Waals surface area contributed by atoms with E-state index in [1.807, 2.05) is 6.92 Å². The molecule has 30 heavy (non-hydrogen) atoms. The van der Waals surface area contributed by atoms with Gasteiger partial charge < -0.3 is 19.0 Å². The van der Waals surface area contributed by atoms with Crippen molar-refractivity contribution >= 4 is 22.6 Å². The number of ether oxygens (including phenoxy) is 2. The third kappa shape index (κ3) is 4.84. The SMILES string of the molecule is COCCN(CCOC)Cc1c(O)ccc2c(C)c(-c3ccc(Cl)cc3)c(=O)oc12. The van der Waals surface area contributed by atoms with Crippen LogP contribution < -0.4 is 5.63 Å². The topological polar surface area (TPSA) is 72.1 Å². The number of nitrogens with zero attached hydrogens (tertiary/aromatic N) is 1. The molecule has 2 aromatic carbocycles. The molecule has 0 unspecified atom stereocenters. The summed E-state index contributed by atoms with van der Waals surface area (Å²) in [6.45, 7) is 4.68. The highest BCUT2D eigenvalue weighted by molar-refractivity contribution is 6.30. The normalized spacial score (nSPS) is 11.5. The second kappa shape index (κ2) is 10.1. The summed E-state index contributed by atoms with van der Waals surface area (Å²) in [6.07, 6.45) is 0. The fourth-order valence-corrected chi connectivity index (χ4v) is 3.62. The number of fused-ring (bicyclic) bond motifs is 1. The molecule has 1 aromatic heterocycles. The molecule has 3 rings (SSSR count). The van der Waals surface area contributed by atoms with Crippen LogP contribution in [0.2, 0.25) is 5.02 Å². The van der Waals surface area contributed by atoms with E-state index in [9.17, 15) is 9.90 Å². The molecule has 0 fully saturated rings. The van der Waals surface area contributed by atoms with Crippen molar-refractivity contribution < 1.29 is 19.0 Å². The van der Waals surface area contributed by atoms with Crippen molar-refractivity contribution in [2.24, 2.45) is 0 Å². The van der Waals surface area contributed by atoms with E-state index in [1.165, 1.54) is 0 Å². The Kier molecular flexibility index (Phi) is 7.50. The van der Waals surface area contributed by atoms with Crippen molar-refractivity contribution in [3.8, 4) is 16.9 Å². The van der Waals surface area contributed by atoms with E-state index in [-0.39, 0.29) is 5.75 Å². The standard InChI is InChI=1S/C23H26ClNO5/c1-15-18-8-9-20(26)19(14-25(10-12-28-2)11-13-29-3)22(18)30-23(27)21(15)16-4-6-17(24)7-5-16/h4-9,26H,10-14H2,1-3H3. The molecule has 1 heterocycles. The molecule has 6 nitrogen and oxygen atoms in total. The molecule has 0 aliphatic heterocycles. The van der Waals surface area contributed by atoms with Gasteiger partial charge in [-0.1, -0.05) is 23.7 Å². The van der Waals surface area contributed by atoms with Gasteiger partial charge in [-0.05, 0) is 42.3 Å². The number of aromatic hydroxyl groups is 1. The third-order valence-corrected chi connectivity index (χ3v) is 5.40. The number of aryl methyl sites for hydroxylation is 1. The minimum absolute atomic E-state index is 0.0872. The van der Waals surface area contributed by atoms with Crippen LogP contribution in [0.1, 0.15) is 11.1 Å². The molecule has 0 atom stereocenters. The molecule has 0 aliphatic rings. The summed E-state index contributed by atoms with van der Waals surface area (Å²) >= 11 is 5.98. The Balaban J connectivity index is 2.08. The highest BCUT2D eigenvalue weighted by atomic mass is 35.5. The lowest BCUT2D eigenvalue weighted by atomic mass is 9.98. The van der Waals surface area contributed by atoms with Gasteiger partial charge >= 0.3 is 5.63 Å². The van der Waals surface area contributed by atoms with Gasteiger partial charge in [-0.15, -0.1) is 0 Å². The fraction of sp³-hybridized carbons (Fsp3) is 0.348. The summed E-state index contributed by atoms with van der Waals surface area (Å²) < 4.78 is 16.1. The van der Waals surface area contributed by atoms with Crippen LogP contribution in [-0.2, 0) is 16.0 Å². The summed E-state index contributed by atoms with van der Waals surface area (Å²) in [5.74, 6) is 0.0872. The minimum Gasteiger partial charge on any atom is -0.507 e. The predicted octanol–water partition coefficient (Wildman–Crippen LogP) is 4.22. The van der Waals surface area contributed by atoms with Crippen LogP contribution in [0.3, 0.4) is 0 Å². The van der Waals surface area contributed by atoms with Gasteiger partial charge in [-0.2, -0.15) is 0 Å². The molecule has 0 spiro atoms. The highest BCUT2D eigenvalue weighted by Gasteiger charge is 2.19. The first-order valence-electron chi connectivity index (χ1n) is 9.70. The summed E-state index contributed by atoms with van der Waals surface area (Å²) in [4.78, 5) is 15.0. The van der Waals surface area contributed by atoms with Crippen molar-refractivity contribution in [2.45, 2.75) is 13.5 Å². The molecule has 0 saturated carbocycles. The fourth-order valence-electron chi connectivity index (χ4n) is 3.50. The number of methoxy groups -OCH3 is 2. The number of hydrogen-bond acceptors (Lipinski definition) is 6. The largest absolute Gasteiger partial charge is 0.507 e. The van der Waals surface area contributed by atoms with Crippen molar-refractivity contribution in [3.63, 3.8) is 0 Å². The van der Waals surface area contributed by atoms with Crippen molar-refractivity contribution in [3.05, 3.63) is 63.0 Å². The number of phenols is 1. The van der Waals surface area contributed by atoms with Crippen LogP contribution in [0.4, 0.5) is 0 Å².